The second-order valence-corrected chi connectivity index (χ2v) is 6.07. The molecule has 0 saturated carbocycles. The zero-order valence-electron chi connectivity index (χ0n) is 11.1. The summed E-state index contributed by atoms with van der Waals surface area (Å²) in [4.78, 5) is 0.0713. The fourth-order valence-electron chi connectivity index (χ4n) is 2.19. The molecule has 3 aromatic rings. The topological polar surface area (TPSA) is 69.4 Å². The highest BCUT2D eigenvalue weighted by Gasteiger charge is 2.20. The van der Waals surface area contributed by atoms with Gasteiger partial charge in [-0.05, 0) is 29.7 Å². The molecule has 0 aliphatic heterocycles. The Bertz CT molecular complexity index is 885. The Morgan fingerprint density at radius 3 is 2.19 bits per heavy atom. The monoisotopic (exact) mass is 299 g/mol. The largest absolute Gasteiger partial charge is 0.398 e. The lowest BCUT2D eigenvalue weighted by molar-refractivity contribution is 0.487. The molecule has 0 unspecified atom stereocenters. The number of nitrogens with two attached hydrogens (primary N) is 1. The molecule has 0 saturated heterocycles. The van der Waals surface area contributed by atoms with E-state index in [9.17, 15) is 8.42 Å². The van der Waals surface area contributed by atoms with Crippen LogP contribution in [0.4, 0.5) is 5.69 Å². The lowest BCUT2D eigenvalue weighted by Gasteiger charge is -2.11. The highest BCUT2D eigenvalue weighted by molar-refractivity contribution is 7.87. The zero-order chi connectivity index (χ0) is 14.9. The lowest BCUT2D eigenvalue weighted by Crippen LogP contribution is -2.10. The van der Waals surface area contributed by atoms with Gasteiger partial charge in [0.05, 0.1) is 0 Å². The van der Waals surface area contributed by atoms with Crippen LogP contribution in [0.15, 0.2) is 71.6 Å². The minimum Gasteiger partial charge on any atom is -0.398 e. The van der Waals surface area contributed by atoms with Gasteiger partial charge in [-0.1, -0.05) is 42.5 Å². The first-order chi connectivity index (χ1) is 10.1. The third-order valence-corrected chi connectivity index (χ3v) is 4.41. The van der Waals surface area contributed by atoms with Crippen LogP contribution in [-0.2, 0) is 10.1 Å². The normalized spacial score (nSPS) is 11.4. The van der Waals surface area contributed by atoms with Crippen LogP contribution < -0.4 is 9.92 Å². The van der Waals surface area contributed by atoms with Gasteiger partial charge in [0.15, 0.2) is 0 Å². The van der Waals surface area contributed by atoms with E-state index in [-0.39, 0.29) is 10.6 Å². The van der Waals surface area contributed by atoms with Crippen molar-refractivity contribution in [2.75, 3.05) is 5.73 Å². The molecular weight excluding hydrogens is 286 g/mol. The van der Waals surface area contributed by atoms with Crippen molar-refractivity contribution in [3.63, 3.8) is 0 Å². The second kappa shape index (κ2) is 5.10. The van der Waals surface area contributed by atoms with Gasteiger partial charge in [0.1, 0.15) is 10.6 Å². The van der Waals surface area contributed by atoms with Gasteiger partial charge >= 0.3 is 10.1 Å². The molecule has 0 heterocycles. The third-order valence-electron chi connectivity index (χ3n) is 3.12. The van der Waals surface area contributed by atoms with Crippen LogP contribution in [0.5, 0.6) is 5.75 Å². The number of hydrogen-bond donors (Lipinski definition) is 1. The molecule has 0 radical (unpaired) electrons. The summed E-state index contributed by atoms with van der Waals surface area (Å²) in [5.74, 6) is 0.268. The van der Waals surface area contributed by atoms with Crippen molar-refractivity contribution < 1.29 is 12.6 Å². The maximum absolute atomic E-state index is 12.5. The summed E-state index contributed by atoms with van der Waals surface area (Å²) in [7, 11) is -3.94. The van der Waals surface area contributed by atoms with Crippen molar-refractivity contribution in [3.8, 4) is 5.75 Å². The predicted octanol–water partition coefficient (Wildman–Crippen LogP) is 3.19. The maximum Gasteiger partial charge on any atom is 0.339 e. The van der Waals surface area contributed by atoms with Gasteiger partial charge in [0, 0.05) is 11.1 Å². The van der Waals surface area contributed by atoms with Crippen LogP contribution in [0, 0.1) is 0 Å². The summed E-state index contributed by atoms with van der Waals surface area (Å²) in [6.45, 7) is 0. The number of nitrogen functional groups attached to an aromatic ring is 1. The van der Waals surface area contributed by atoms with Gasteiger partial charge in [0.2, 0.25) is 0 Å². The second-order valence-electron chi connectivity index (χ2n) is 4.55. The van der Waals surface area contributed by atoms with E-state index < -0.39 is 10.1 Å². The molecule has 106 valence electrons. The van der Waals surface area contributed by atoms with E-state index >= 15 is 0 Å². The predicted molar refractivity (Wildman–Crippen MR) is 82.6 cm³/mol. The van der Waals surface area contributed by atoms with E-state index in [4.69, 9.17) is 9.92 Å². The van der Waals surface area contributed by atoms with Gasteiger partial charge in [-0.15, -0.1) is 0 Å². The van der Waals surface area contributed by atoms with Crippen LogP contribution >= 0.6 is 0 Å². The lowest BCUT2D eigenvalue weighted by atomic mass is 10.1. The van der Waals surface area contributed by atoms with Crippen molar-refractivity contribution in [3.05, 3.63) is 66.7 Å². The summed E-state index contributed by atoms with van der Waals surface area (Å²) in [5.41, 5.74) is 6.33. The Kier molecular flexibility index (Phi) is 3.27. The first-order valence-electron chi connectivity index (χ1n) is 6.35. The molecule has 0 aliphatic rings. The molecule has 2 N–H and O–H groups in total. The molecule has 3 rings (SSSR count). The summed E-state index contributed by atoms with van der Waals surface area (Å²) >= 11 is 0. The summed E-state index contributed by atoms with van der Waals surface area (Å²) in [6.07, 6.45) is 0. The average molecular weight is 299 g/mol. The highest BCUT2D eigenvalue weighted by atomic mass is 32.2. The van der Waals surface area contributed by atoms with E-state index in [0.717, 1.165) is 5.39 Å². The summed E-state index contributed by atoms with van der Waals surface area (Å²) in [6, 6.07) is 18.6. The fraction of sp³-hybridized carbons (Fsp3) is 0. The Hall–Kier alpha value is -2.53. The number of para-hydroxylation sites is 1. The van der Waals surface area contributed by atoms with Crippen molar-refractivity contribution in [2.24, 2.45) is 0 Å². The number of rotatable bonds is 3. The zero-order valence-corrected chi connectivity index (χ0v) is 11.9. The molecule has 0 bridgehead atoms. The number of hydrogen-bond acceptors (Lipinski definition) is 4. The van der Waals surface area contributed by atoms with Crippen LogP contribution in [-0.4, -0.2) is 8.42 Å². The van der Waals surface area contributed by atoms with Crippen molar-refractivity contribution in [1.82, 2.24) is 0 Å². The minimum atomic E-state index is -3.94. The number of fused-ring (bicyclic) bond motifs is 1. The van der Waals surface area contributed by atoms with Crippen LogP contribution in [0.2, 0.25) is 0 Å². The Labute approximate surface area is 122 Å². The number of anilines is 1. The summed E-state index contributed by atoms with van der Waals surface area (Å²) in [5, 5.41) is 1.24. The molecule has 3 aromatic carbocycles. The van der Waals surface area contributed by atoms with E-state index in [1.54, 1.807) is 48.5 Å². The molecule has 5 heteroatoms. The number of benzene rings is 3. The van der Waals surface area contributed by atoms with E-state index in [1.807, 2.05) is 12.1 Å². The summed E-state index contributed by atoms with van der Waals surface area (Å²) < 4.78 is 30.1. The van der Waals surface area contributed by atoms with Gasteiger partial charge in [-0.25, -0.2) is 0 Å². The fourth-order valence-corrected chi connectivity index (χ4v) is 3.38. The SMILES string of the molecule is Nc1cccc2cccc(S(=O)(=O)Oc3ccccc3)c12. The molecular formula is C16H13NO3S. The van der Waals surface area contributed by atoms with E-state index in [2.05, 4.69) is 0 Å². The van der Waals surface area contributed by atoms with E-state index in [0.29, 0.717) is 11.1 Å². The Balaban J connectivity index is 2.16. The third kappa shape index (κ3) is 2.55. The van der Waals surface area contributed by atoms with Crippen molar-refractivity contribution in [1.29, 1.82) is 0 Å². The molecule has 0 spiro atoms. The molecule has 0 aliphatic carbocycles. The molecule has 0 atom stereocenters. The van der Waals surface area contributed by atoms with E-state index in [1.165, 1.54) is 6.07 Å². The quantitative estimate of drug-likeness (QED) is 0.595. The molecule has 0 amide bonds. The highest BCUT2D eigenvalue weighted by Crippen LogP contribution is 2.29. The van der Waals surface area contributed by atoms with Crippen molar-refractivity contribution in [2.45, 2.75) is 4.90 Å². The molecule has 0 fully saturated rings. The van der Waals surface area contributed by atoms with Crippen LogP contribution in [0.3, 0.4) is 0 Å². The smallest absolute Gasteiger partial charge is 0.339 e. The van der Waals surface area contributed by atoms with Gasteiger partial charge in [-0.3, -0.25) is 0 Å². The Morgan fingerprint density at radius 1 is 0.810 bits per heavy atom. The van der Waals surface area contributed by atoms with Gasteiger partial charge in [-0.2, -0.15) is 8.42 Å². The Morgan fingerprint density at radius 2 is 1.48 bits per heavy atom. The van der Waals surface area contributed by atoms with Gasteiger partial charge in [0.25, 0.3) is 0 Å². The maximum atomic E-state index is 12.5. The first-order valence-corrected chi connectivity index (χ1v) is 7.75. The standard InChI is InChI=1S/C16H13NO3S/c17-14-10-4-6-12-7-5-11-15(16(12)14)21(18,19)20-13-8-2-1-3-9-13/h1-11H,17H2. The molecule has 4 nitrogen and oxygen atoms in total. The van der Waals surface area contributed by atoms with Crippen LogP contribution in [0.25, 0.3) is 10.8 Å². The average Bonchev–Trinajstić information content (AvgIpc) is 2.47. The van der Waals surface area contributed by atoms with Crippen LogP contribution in [0.1, 0.15) is 0 Å². The molecule has 0 aromatic heterocycles. The van der Waals surface area contributed by atoms with Crippen molar-refractivity contribution >= 4 is 26.6 Å². The van der Waals surface area contributed by atoms with Gasteiger partial charge < -0.3 is 9.92 Å². The minimum absolute atomic E-state index is 0.0713. The molecule has 21 heavy (non-hydrogen) atoms. The first kappa shape index (κ1) is 13.5.